The first kappa shape index (κ1) is 14.6. The van der Waals surface area contributed by atoms with Crippen molar-refractivity contribution in [3.63, 3.8) is 0 Å². The Labute approximate surface area is 129 Å². The number of halogens is 1. The van der Waals surface area contributed by atoms with Gasteiger partial charge in [-0.05, 0) is 52.9 Å². The van der Waals surface area contributed by atoms with E-state index in [4.69, 9.17) is 0 Å². The fraction of sp³-hybridized carbons (Fsp3) is 0.231. The molecule has 1 amide bonds. The van der Waals surface area contributed by atoms with Gasteiger partial charge < -0.3 is 5.32 Å². The highest BCUT2D eigenvalue weighted by Gasteiger charge is 2.10. The van der Waals surface area contributed by atoms with E-state index in [2.05, 4.69) is 32.3 Å². The van der Waals surface area contributed by atoms with E-state index in [1.54, 1.807) is 29.7 Å². The van der Waals surface area contributed by atoms with Crippen LogP contribution in [0.5, 0.6) is 0 Å². The third-order valence-corrected chi connectivity index (χ3v) is 4.89. The Bertz CT molecular complexity index is 571. The second-order valence-electron chi connectivity index (χ2n) is 3.77. The molecule has 2 heterocycles. The summed E-state index contributed by atoms with van der Waals surface area (Å²) in [5.41, 5.74) is 0.641. The molecule has 0 atom stereocenters. The van der Waals surface area contributed by atoms with Crippen molar-refractivity contribution in [1.82, 2.24) is 10.3 Å². The lowest BCUT2D eigenvalue weighted by Gasteiger charge is -2.07. The number of hydrogen-bond acceptors (Lipinski definition) is 4. The molecule has 0 aliphatic carbocycles. The number of pyridine rings is 1. The summed E-state index contributed by atoms with van der Waals surface area (Å²) < 4.78 is 1.12. The number of hydrogen-bond donors (Lipinski definition) is 1. The lowest BCUT2D eigenvalue weighted by atomic mass is 10.2. The minimum atomic E-state index is -0.0620. The van der Waals surface area contributed by atoms with Crippen LogP contribution in [0.2, 0.25) is 0 Å². The molecule has 0 saturated carbocycles. The summed E-state index contributed by atoms with van der Waals surface area (Å²) in [6.07, 6.45) is 4.46. The van der Waals surface area contributed by atoms with Gasteiger partial charge in [-0.25, -0.2) is 4.98 Å². The molecular weight excluding hydrogens is 344 g/mol. The summed E-state index contributed by atoms with van der Waals surface area (Å²) in [4.78, 5) is 17.5. The van der Waals surface area contributed by atoms with Crippen molar-refractivity contribution < 1.29 is 4.79 Å². The largest absolute Gasteiger partial charge is 0.352 e. The Balaban J connectivity index is 1.90. The maximum atomic E-state index is 12.0. The number of nitrogens with zero attached hydrogens (tertiary/aromatic N) is 1. The van der Waals surface area contributed by atoms with Crippen LogP contribution < -0.4 is 5.32 Å². The van der Waals surface area contributed by atoms with Crippen molar-refractivity contribution in [1.29, 1.82) is 0 Å². The average Bonchev–Trinajstić information content (AvgIpc) is 2.84. The van der Waals surface area contributed by atoms with Gasteiger partial charge >= 0.3 is 0 Å². The summed E-state index contributed by atoms with van der Waals surface area (Å²) >= 11 is 6.60. The maximum absolute atomic E-state index is 12.0. The zero-order valence-electron chi connectivity index (χ0n) is 10.4. The number of thiophene rings is 1. The number of rotatable bonds is 5. The van der Waals surface area contributed by atoms with Crippen LogP contribution in [0, 0.1) is 0 Å². The van der Waals surface area contributed by atoms with E-state index in [-0.39, 0.29) is 5.91 Å². The zero-order chi connectivity index (χ0) is 13.7. The van der Waals surface area contributed by atoms with E-state index < -0.39 is 0 Å². The van der Waals surface area contributed by atoms with Gasteiger partial charge in [-0.1, -0.05) is 0 Å². The summed E-state index contributed by atoms with van der Waals surface area (Å²) in [7, 11) is 0. The smallest absolute Gasteiger partial charge is 0.254 e. The molecular formula is C13H13BrN2OS2. The van der Waals surface area contributed by atoms with Gasteiger partial charge in [0.2, 0.25) is 0 Å². The Hall–Kier alpha value is -0.850. The van der Waals surface area contributed by atoms with E-state index in [0.717, 1.165) is 15.2 Å². The Kier molecular flexibility index (Phi) is 5.42. The molecule has 0 aliphatic rings. The molecule has 0 spiro atoms. The third kappa shape index (κ3) is 4.06. The molecule has 2 rings (SSSR count). The molecule has 0 aliphatic heterocycles. The van der Waals surface area contributed by atoms with Gasteiger partial charge in [-0.3, -0.25) is 4.79 Å². The predicted molar refractivity (Wildman–Crippen MR) is 84.1 cm³/mol. The van der Waals surface area contributed by atoms with Crippen molar-refractivity contribution in [2.75, 3.05) is 12.8 Å². The molecule has 0 bridgehead atoms. The van der Waals surface area contributed by atoms with Crippen LogP contribution in [0.3, 0.4) is 0 Å². The first-order valence-electron chi connectivity index (χ1n) is 5.72. The van der Waals surface area contributed by atoms with E-state index >= 15 is 0 Å². The van der Waals surface area contributed by atoms with Crippen LogP contribution in [0.1, 0.15) is 15.2 Å². The Morgan fingerprint density at radius 2 is 2.32 bits per heavy atom. The SMILES string of the molecule is CSc1ncccc1C(=O)NCCc1ccc(Br)s1. The fourth-order valence-corrected chi connectivity index (χ4v) is 3.64. The molecule has 0 radical (unpaired) electrons. The van der Waals surface area contributed by atoms with E-state index in [1.807, 2.05) is 12.3 Å². The summed E-state index contributed by atoms with van der Waals surface area (Å²) in [6, 6.07) is 7.67. The van der Waals surface area contributed by atoms with Crippen LogP contribution in [-0.2, 0) is 6.42 Å². The van der Waals surface area contributed by atoms with Crippen molar-refractivity contribution >= 4 is 44.9 Å². The summed E-state index contributed by atoms with van der Waals surface area (Å²) in [5.74, 6) is -0.0620. The standard InChI is InChI=1S/C13H13BrN2OS2/c1-18-13-10(3-2-7-16-13)12(17)15-8-6-9-4-5-11(14)19-9/h2-5,7H,6,8H2,1H3,(H,15,17). The maximum Gasteiger partial charge on any atom is 0.254 e. The van der Waals surface area contributed by atoms with Gasteiger partial charge in [0, 0.05) is 17.6 Å². The molecule has 6 heteroatoms. The lowest BCUT2D eigenvalue weighted by Crippen LogP contribution is -2.26. The van der Waals surface area contributed by atoms with Crippen LogP contribution in [0.15, 0.2) is 39.3 Å². The van der Waals surface area contributed by atoms with Gasteiger partial charge in [0.15, 0.2) is 0 Å². The summed E-state index contributed by atoms with van der Waals surface area (Å²) in [5, 5.41) is 3.69. The van der Waals surface area contributed by atoms with Gasteiger partial charge in [-0.2, -0.15) is 0 Å². The third-order valence-electron chi connectivity index (χ3n) is 2.49. The minimum absolute atomic E-state index is 0.0620. The highest BCUT2D eigenvalue weighted by atomic mass is 79.9. The van der Waals surface area contributed by atoms with Crippen molar-refractivity contribution in [3.05, 3.63) is 44.7 Å². The average molecular weight is 357 g/mol. The molecule has 100 valence electrons. The second kappa shape index (κ2) is 7.07. The number of amides is 1. The molecule has 0 aromatic carbocycles. The monoisotopic (exact) mass is 356 g/mol. The number of carbonyl (C=O) groups is 1. The van der Waals surface area contributed by atoms with Crippen LogP contribution >= 0.6 is 39.0 Å². The number of thioether (sulfide) groups is 1. The second-order valence-corrected chi connectivity index (χ2v) is 7.11. The predicted octanol–water partition coefficient (Wildman–Crippen LogP) is 3.60. The molecule has 2 aromatic rings. The molecule has 2 aromatic heterocycles. The lowest BCUT2D eigenvalue weighted by molar-refractivity contribution is 0.0950. The van der Waals surface area contributed by atoms with E-state index in [9.17, 15) is 4.79 Å². The summed E-state index contributed by atoms with van der Waals surface area (Å²) in [6.45, 7) is 0.633. The molecule has 0 unspecified atom stereocenters. The van der Waals surface area contributed by atoms with Crippen molar-refractivity contribution in [3.8, 4) is 0 Å². The number of carbonyl (C=O) groups excluding carboxylic acids is 1. The topological polar surface area (TPSA) is 42.0 Å². The number of nitrogens with one attached hydrogen (secondary N) is 1. The minimum Gasteiger partial charge on any atom is -0.352 e. The van der Waals surface area contributed by atoms with Crippen LogP contribution in [0.25, 0.3) is 0 Å². The van der Waals surface area contributed by atoms with Gasteiger partial charge in [0.05, 0.1) is 9.35 Å². The van der Waals surface area contributed by atoms with Gasteiger partial charge in [0.1, 0.15) is 5.03 Å². The first-order valence-corrected chi connectivity index (χ1v) is 8.55. The van der Waals surface area contributed by atoms with Crippen molar-refractivity contribution in [2.45, 2.75) is 11.4 Å². The van der Waals surface area contributed by atoms with E-state index in [0.29, 0.717) is 12.1 Å². The highest BCUT2D eigenvalue weighted by molar-refractivity contribution is 9.11. The zero-order valence-corrected chi connectivity index (χ0v) is 13.6. The first-order chi connectivity index (χ1) is 9.20. The Morgan fingerprint density at radius 3 is 3.00 bits per heavy atom. The molecule has 1 N–H and O–H groups in total. The Morgan fingerprint density at radius 1 is 1.47 bits per heavy atom. The molecule has 19 heavy (non-hydrogen) atoms. The number of aromatic nitrogens is 1. The molecule has 3 nitrogen and oxygen atoms in total. The highest BCUT2D eigenvalue weighted by Crippen LogP contribution is 2.22. The molecule has 0 saturated heterocycles. The quantitative estimate of drug-likeness (QED) is 0.832. The van der Waals surface area contributed by atoms with Crippen molar-refractivity contribution in [2.24, 2.45) is 0 Å². The van der Waals surface area contributed by atoms with Gasteiger partial charge in [-0.15, -0.1) is 23.1 Å². The van der Waals surface area contributed by atoms with Crippen LogP contribution in [0.4, 0.5) is 0 Å². The molecule has 0 fully saturated rings. The van der Waals surface area contributed by atoms with Crippen LogP contribution in [-0.4, -0.2) is 23.7 Å². The van der Waals surface area contributed by atoms with Gasteiger partial charge in [0.25, 0.3) is 5.91 Å². The fourth-order valence-electron chi connectivity index (χ4n) is 1.61. The van der Waals surface area contributed by atoms with E-state index in [1.165, 1.54) is 16.6 Å². The normalized spacial score (nSPS) is 10.4.